The maximum atomic E-state index is 9.50. The van der Waals surface area contributed by atoms with Gasteiger partial charge in [0.05, 0.1) is 6.61 Å². The van der Waals surface area contributed by atoms with Gasteiger partial charge in [0.2, 0.25) is 0 Å². The molecule has 0 bridgehead atoms. The maximum absolute atomic E-state index is 9.50. The Bertz CT molecular complexity index is 241. The van der Waals surface area contributed by atoms with Crippen molar-refractivity contribution in [3.05, 3.63) is 0 Å². The van der Waals surface area contributed by atoms with E-state index in [9.17, 15) is 5.11 Å². The quantitative estimate of drug-likeness (QED) is 0.606. The van der Waals surface area contributed by atoms with E-state index < -0.39 is 0 Å². The molecule has 1 aliphatic rings. The van der Waals surface area contributed by atoms with Crippen LogP contribution < -0.4 is 5.32 Å². The minimum atomic E-state index is -0.0952. The zero-order valence-corrected chi connectivity index (χ0v) is 13.4. The number of aliphatic hydroxyl groups is 1. The highest BCUT2D eigenvalue weighted by atomic mass is 16.3. The molecule has 1 fully saturated rings. The Morgan fingerprint density at radius 2 is 2.00 bits per heavy atom. The number of nitrogens with one attached hydrogen (secondary N) is 1. The summed E-state index contributed by atoms with van der Waals surface area (Å²) in [4.78, 5) is 2.67. The van der Waals surface area contributed by atoms with Crippen molar-refractivity contribution >= 4 is 0 Å². The minimum Gasteiger partial charge on any atom is -0.394 e. The molecule has 0 saturated heterocycles. The summed E-state index contributed by atoms with van der Waals surface area (Å²) < 4.78 is 0. The van der Waals surface area contributed by atoms with Crippen LogP contribution in [0.4, 0.5) is 0 Å². The Morgan fingerprint density at radius 3 is 2.47 bits per heavy atom. The van der Waals surface area contributed by atoms with Gasteiger partial charge in [-0.15, -0.1) is 0 Å². The van der Waals surface area contributed by atoms with Gasteiger partial charge < -0.3 is 15.3 Å². The minimum absolute atomic E-state index is 0.0952. The largest absolute Gasteiger partial charge is 0.394 e. The molecule has 0 radical (unpaired) electrons. The molecule has 0 spiro atoms. The van der Waals surface area contributed by atoms with E-state index in [-0.39, 0.29) is 12.1 Å². The normalized spacial score (nSPS) is 19.1. The van der Waals surface area contributed by atoms with Crippen LogP contribution in [-0.4, -0.2) is 47.8 Å². The van der Waals surface area contributed by atoms with Crippen LogP contribution in [0, 0.1) is 5.92 Å². The second-order valence-electron chi connectivity index (χ2n) is 6.80. The van der Waals surface area contributed by atoms with Crippen LogP contribution >= 0.6 is 0 Å². The lowest BCUT2D eigenvalue weighted by molar-refractivity contribution is 0.156. The zero-order valence-electron chi connectivity index (χ0n) is 13.4. The molecule has 3 heteroatoms. The highest BCUT2D eigenvalue weighted by molar-refractivity contribution is 4.86. The molecule has 1 atom stereocenters. The van der Waals surface area contributed by atoms with Crippen molar-refractivity contribution in [3.8, 4) is 0 Å². The summed E-state index contributed by atoms with van der Waals surface area (Å²) in [7, 11) is 0. The fourth-order valence-electron chi connectivity index (χ4n) is 2.66. The first-order valence-corrected chi connectivity index (χ1v) is 8.10. The predicted octanol–water partition coefficient (Wildman–Crippen LogP) is 2.64. The molecular weight excluding hydrogens is 236 g/mol. The summed E-state index contributed by atoms with van der Waals surface area (Å²) in [6.07, 6.45) is 6.33. The monoisotopic (exact) mass is 270 g/mol. The topological polar surface area (TPSA) is 35.5 Å². The SMILES string of the molecule is CCNC(C)(CO)CCCN(CCC(C)C)C1CC1. The van der Waals surface area contributed by atoms with Crippen molar-refractivity contribution in [2.24, 2.45) is 5.92 Å². The van der Waals surface area contributed by atoms with Gasteiger partial charge in [0.15, 0.2) is 0 Å². The van der Waals surface area contributed by atoms with E-state index in [1.807, 2.05) is 0 Å². The maximum Gasteiger partial charge on any atom is 0.0610 e. The number of rotatable bonds is 11. The lowest BCUT2D eigenvalue weighted by Crippen LogP contribution is -2.46. The first-order chi connectivity index (χ1) is 9.00. The van der Waals surface area contributed by atoms with Gasteiger partial charge in [-0.25, -0.2) is 0 Å². The third kappa shape index (κ3) is 6.73. The second kappa shape index (κ2) is 8.23. The summed E-state index contributed by atoms with van der Waals surface area (Å²) in [5, 5.41) is 12.9. The van der Waals surface area contributed by atoms with Crippen LogP contribution in [0.25, 0.3) is 0 Å². The Hall–Kier alpha value is -0.120. The van der Waals surface area contributed by atoms with E-state index in [4.69, 9.17) is 0 Å². The average molecular weight is 270 g/mol. The fourth-order valence-corrected chi connectivity index (χ4v) is 2.66. The van der Waals surface area contributed by atoms with Gasteiger partial charge in [-0.2, -0.15) is 0 Å². The lowest BCUT2D eigenvalue weighted by atomic mass is 9.96. The van der Waals surface area contributed by atoms with E-state index in [0.717, 1.165) is 24.9 Å². The molecule has 0 amide bonds. The molecule has 1 unspecified atom stereocenters. The third-order valence-electron chi connectivity index (χ3n) is 4.18. The second-order valence-corrected chi connectivity index (χ2v) is 6.80. The lowest BCUT2D eigenvalue weighted by Gasteiger charge is -2.30. The zero-order chi connectivity index (χ0) is 14.3. The predicted molar refractivity (Wildman–Crippen MR) is 82.5 cm³/mol. The van der Waals surface area contributed by atoms with Crippen LogP contribution in [0.5, 0.6) is 0 Å². The Morgan fingerprint density at radius 1 is 1.32 bits per heavy atom. The molecule has 1 aliphatic carbocycles. The van der Waals surface area contributed by atoms with Crippen molar-refractivity contribution in [1.29, 1.82) is 0 Å². The highest BCUT2D eigenvalue weighted by Gasteiger charge is 2.29. The number of aliphatic hydroxyl groups excluding tert-OH is 1. The van der Waals surface area contributed by atoms with E-state index in [1.165, 1.54) is 38.8 Å². The number of likely N-dealkylation sites (N-methyl/N-ethyl adjacent to an activating group) is 1. The molecule has 0 aromatic heterocycles. The number of hydrogen-bond donors (Lipinski definition) is 2. The number of hydrogen-bond acceptors (Lipinski definition) is 3. The molecule has 1 saturated carbocycles. The molecule has 19 heavy (non-hydrogen) atoms. The van der Waals surface area contributed by atoms with Crippen LogP contribution in [0.15, 0.2) is 0 Å². The van der Waals surface area contributed by atoms with Gasteiger partial charge in [0.25, 0.3) is 0 Å². The number of nitrogens with zero attached hydrogens (tertiary/aromatic N) is 1. The van der Waals surface area contributed by atoms with Crippen molar-refractivity contribution in [2.45, 2.75) is 71.4 Å². The molecule has 3 nitrogen and oxygen atoms in total. The van der Waals surface area contributed by atoms with Crippen molar-refractivity contribution in [1.82, 2.24) is 10.2 Å². The van der Waals surface area contributed by atoms with E-state index >= 15 is 0 Å². The summed E-state index contributed by atoms with van der Waals surface area (Å²) in [6.45, 7) is 12.4. The van der Waals surface area contributed by atoms with Gasteiger partial charge in [0.1, 0.15) is 0 Å². The molecular formula is C16H34N2O. The fraction of sp³-hybridized carbons (Fsp3) is 1.00. The summed E-state index contributed by atoms with van der Waals surface area (Å²) in [5.74, 6) is 0.797. The molecule has 1 rings (SSSR count). The molecule has 0 heterocycles. The Kier molecular flexibility index (Phi) is 7.33. The molecule has 0 aromatic carbocycles. The summed E-state index contributed by atoms with van der Waals surface area (Å²) in [6, 6.07) is 0.860. The van der Waals surface area contributed by atoms with Gasteiger partial charge in [-0.05, 0) is 64.6 Å². The summed E-state index contributed by atoms with van der Waals surface area (Å²) >= 11 is 0. The first-order valence-electron chi connectivity index (χ1n) is 8.10. The molecule has 114 valence electrons. The first kappa shape index (κ1) is 16.9. The average Bonchev–Trinajstić information content (AvgIpc) is 3.18. The standard InChI is InChI=1S/C16H34N2O/c1-5-17-16(4,13-19)10-6-11-18(15-7-8-15)12-9-14(2)3/h14-15,17,19H,5-13H2,1-4H3. The van der Waals surface area contributed by atoms with E-state index in [2.05, 4.69) is 37.9 Å². The smallest absolute Gasteiger partial charge is 0.0610 e. The molecule has 0 aliphatic heterocycles. The van der Waals surface area contributed by atoms with Crippen molar-refractivity contribution in [2.75, 3.05) is 26.2 Å². The Balaban J connectivity index is 2.27. The third-order valence-corrected chi connectivity index (χ3v) is 4.18. The van der Waals surface area contributed by atoms with Crippen molar-refractivity contribution < 1.29 is 5.11 Å². The Labute approximate surface area is 119 Å². The van der Waals surface area contributed by atoms with Crippen LogP contribution in [-0.2, 0) is 0 Å². The van der Waals surface area contributed by atoms with Crippen LogP contribution in [0.3, 0.4) is 0 Å². The van der Waals surface area contributed by atoms with Gasteiger partial charge in [-0.3, -0.25) is 0 Å². The van der Waals surface area contributed by atoms with Crippen LogP contribution in [0.2, 0.25) is 0 Å². The molecule has 0 aromatic rings. The van der Waals surface area contributed by atoms with E-state index in [0.29, 0.717) is 0 Å². The van der Waals surface area contributed by atoms with Gasteiger partial charge >= 0.3 is 0 Å². The highest BCUT2D eigenvalue weighted by Crippen LogP contribution is 2.28. The van der Waals surface area contributed by atoms with Crippen LogP contribution in [0.1, 0.15) is 59.8 Å². The van der Waals surface area contributed by atoms with Gasteiger partial charge in [0, 0.05) is 11.6 Å². The molecule has 2 N–H and O–H groups in total. The van der Waals surface area contributed by atoms with Crippen molar-refractivity contribution in [3.63, 3.8) is 0 Å². The summed E-state index contributed by atoms with van der Waals surface area (Å²) in [5.41, 5.74) is -0.0952. The van der Waals surface area contributed by atoms with E-state index in [1.54, 1.807) is 0 Å². The van der Waals surface area contributed by atoms with Gasteiger partial charge in [-0.1, -0.05) is 20.8 Å².